The van der Waals surface area contributed by atoms with E-state index in [1.165, 1.54) is 54.5 Å². The number of nitrogens with zero attached hydrogens (tertiary/aromatic N) is 3. The fourth-order valence-corrected chi connectivity index (χ4v) is 7.28. The van der Waals surface area contributed by atoms with Gasteiger partial charge >= 0.3 is 6.18 Å². The van der Waals surface area contributed by atoms with Crippen LogP contribution in [-0.2, 0) is 6.18 Å². The van der Waals surface area contributed by atoms with Crippen LogP contribution in [0.4, 0.5) is 18.9 Å². The first kappa shape index (κ1) is 21.7. The highest BCUT2D eigenvalue weighted by Gasteiger charge is 2.33. The van der Waals surface area contributed by atoms with Gasteiger partial charge in [-0.25, -0.2) is 0 Å². The van der Waals surface area contributed by atoms with Crippen molar-refractivity contribution in [1.82, 2.24) is 9.80 Å². The van der Waals surface area contributed by atoms with Crippen molar-refractivity contribution < 1.29 is 13.2 Å². The maximum Gasteiger partial charge on any atom is 0.416 e. The number of piperazine rings is 1. The molecule has 8 heteroatoms. The summed E-state index contributed by atoms with van der Waals surface area (Å²) in [4.78, 5) is 7.39. The van der Waals surface area contributed by atoms with E-state index in [1.54, 1.807) is 6.07 Å². The third-order valence-electron chi connectivity index (χ3n) is 6.31. The molecule has 0 spiro atoms. The lowest BCUT2D eigenvalue weighted by molar-refractivity contribution is -0.137. The van der Waals surface area contributed by atoms with Crippen LogP contribution in [-0.4, -0.2) is 84.2 Å². The molecular weight excluding hydrogens is 415 g/mol. The number of piperidine rings is 1. The molecule has 3 aliphatic heterocycles. The molecule has 0 N–H and O–H groups in total. The summed E-state index contributed by atoms with van der Waals surface area (Å²) in [5.41, 5.74) is 0.136. The Bertz CT molecular complexity index is 657. The van der Waals surface area contributed by atoms with Crippen LogP contribution < -0.4 is 4.90 Å². The number of anilines is 1. The Labute approximate surface area is 180 Å². The van der Waals surface area contributed by atoms with Crippen LogP contribution >= 0.6 is 23.5 Å². The number of hydrogen-bond acceptors (Lipinski definition) is 5. The third kappa shape index (κ3) is 5.57. The molecule has 0 saturated carbocycles. The lowest BCUT2D eigenvalue weighted by Gasteiger charge is -2.45. The second-order valence-corrected chi connectivity index (χ2v) is 10.5. The third-order valence-corrected chi connectivity index (χ3v) is 8.79. The van der Waals surface area contributed by atoms with Crippen molar-refractivity contribution in [2.45, 2.75) is 31.1 Å². The molecule has 3 heterocycles. The minimum Gasteiger partial charge on any atom is -0.369 e. The van der Waals surface area contributed by atoms with Crippen LogP contribution in [0.15, 0.2) is 24.3 Å². The van der Waals surface area contributed by atoms with E-state index < -0.39 is 11.7 Å². The van der Waals surface area contributed by atoms with Gasteiger partial charge in [0.1, 0.15) is 0 Å². The maximum absolute atomic E-state index is 13.0. The molecule has 29 heavy (non-hydrogen) atoms. The zero-order valence-electron chi connectivity index (χ0n) is 16.7. The molecule has 1 aromatic rings. The van der Waals surface area contributed by atoms with Crippen molar-refractivity contribution in [3.8, 4) is 0 Å². The van der Waals surface area contributed by atoms with Crippen LogP contribution in [0.3, 0.4) is 0 Å². The van der Waals surface area contributed by atoms with E-state index >= 15 is 0 Å². The van der Waals surface area contributed by atoms with Crippen molar-refractivity contribution in [1.29, 1.82) is 0 Å². The molecule has 1 atom stereocenters. The van der Waals surface area contributed by atoms with Crippen LogP contribution in [0.1, 0.15) is 18.4 Å². The first-order valence-electron chi connectivity index (χ1n) is 10.6. The first-order valence-corrected chi connectivity index (χ1v) is 12.9. The van der Waals surface area contributed by atoms with E-state index in [0.717, 1.165) is 38.8 Å². The molecule has 3 aliphatic rings. The molecular formula is C21H30F3N3S2. The van der Waals surface area contributed by atoms with E-state index in [0.29, 0.717) is 17.8 Å². The number of benzene rings is 1. The molecule has 3 fully saturated rings. The van der Waals surface area contributed by atoms with Gasteiger partial charge in [0.15, 0.2) is 0 Å². The SMILES string of the molecule is FC(F)(F)c1cccc(N2CCN([C@H]3CCCN(C4CSCCSC4)C3)CC2)c1. The molecule has 0 bridgehead atoms. The first-order chi connectivity index (χ1) is 14.0. The normalized spacial score (nSPS) is 26.4. The molecule has 4 rings (SSSR count). The van der Waals surface area contributed by atoms with E-state index in [1.807, 2.05) is 0 Å². The van der Waals surface area contributed by atoms with Crippen LogP contribution in [0.5, 0.6) is 0 Å². The van der Waals surface area contributed by atoms with Gasteiger partial charge in [-0.1, -0.05) is 6.07 Å². The van der Waals surface area contributed by atoms with Crippen LogP contribution in [0.2, 0.25) is 0 Å². The van der Waals surface area contributed by atoms with Gasteiger partial charge in [-0.3, -0.25) is 9.80 Å². The molecule has 3 saturated heterocycles. The maximum atomic E-state index is 13.0. The van der Waals surface area contributed by atoms with E-state index in [4.69, 9.17) is 0 Å². The molecule has 162 valence electrons. The Balaban J connectivity index is 1.32. The summed E-state index contributed by atoms with van der Waals surface area (Å²) in [6.07, 6.45) is -1.78. The van der Waals surface area contributed by atoms with Gasteiger partial charge < -0.3 is 4.90 Å². The minimum atomic E-state index is -4.28. The molecule has 0 unspecified atom stereocenters. The second kappa shape index (κ2) is 9.71. The average Bonchev–Trinajstić information content (AvgIpc) is 3.03. The van der Waals surface area contributed by atoms with Crippen LogP contribution in [0, 0.1) is 0 Å². The topological polar surface area (TPSA) is 9.72 Å². The number of rotatable bonds is 3. The van der Waals surface area contributed by atoms with Gasteiger partial charge in [0.05, 0.1) is 5.56 Å². The summed E-state index contributed by atoms with van der Waals surface area (Å²) >= 11 is 4.18. The molecule has 1 aromatic carbocycles. The number of halogens is 3. The summed E-state index contributed by atoms with van der Waals surface area (Å²) in [6, 6.07) is 7.05. The number of alkyl halides is 3. The quantitative estimate of drug-likeness (QED) is 0.690. The van der Waals surface area contributed by atoms with Crippen molar-refractivity contribution in [3.63, 3.8) is 0 Å². The van der Waals surface area contributed by atoms with Gasteiger partial charge in [0.2, 0.25) is 0 Å². The Kier molecular flexibility index (Phi) is 7.25. The molecule has 3 nitrogen and oxygen atoms in total. The van der Waals surface area contributed by atoms with Crippen molar-refractivity contribution in [2.75, 3.05) is 67.2 Å². The highest BCUT2D eigenvalue weighted by Crippen LogP contribution is 2.32. The van der Waals surface area contributed by atoms with Gasteiger partial charge in [-0.15, -0.1) is 0 Å². The Hall–Kier alpha value is -0.570. The molecule has 0 radical (unpaired) electrons. The smallest absolute Gasteiger partial charge is 0.369 e. The van der Waals surface area contributed by atoms with Gasteiger partial charge in [0, 0.05) is 73.5 Å². The van der Waals surface area contributed by atoms with Gasteiger partial charge in [-0.05, 0) is 37.6 Å². The zero-order valence-corrected chi connectivity index (χ0v) is 18.4. The van der Waals surface area contributed by atoms with E-state index in [9.17, 15) is 13.2 Å². The molecule has 0 aromatic heterocycles. The van der Waals surface area contributed by atoms with Crippen molar-refractivity contribution >= 4 is 29.2 Å². The Morgan fingerprint density at radius 1 is 0.862 bits per heavy atom. The zero-order chi connectivity index (χ0) is 20.3. The van der Waals surface area contributed by atoms with Crippen molar-refractivity contribution in [2.24, 2.45) is 0 Å². The Morgan fingerprint density at radius 3 is 2.28 bits per heavy atom. The predicted molar refractivity (Wildman–Crippen MR) is 118 cm³/mol. The summed E-state index contributed by atoms with van der Waals surface area (Å²) in [5.74, 6) is 5.05. The Morgan fingerprint density at radius 2 is 1.59 bits per heavy atom. The fraction of sp³-hybridized carbons (Fsp3) is 0.714. The standard InChI is InChI=1S/C21H30F3N3S2/c22-21(23,24)17-3-1-4-18(13-17)25-7-9-26(10-8-25)19-5-2-6-27(14-19)20-15-28-11-12-29-16-20/h1,3-4,13,19-20H,2,5-12,14-16H2/t19-/m0/s1. The lowest BCUT2D eigenvalue weighted by atomic mass is 10.0. The monoisotopic (exact) mass is 445 g/mol. The summed E-state index contributed by atoms with van der Waals surface area (Å²) in [6.45, 7) is 5.83. The van der Waals surface area contributed by atoms with Gasteiger partial charge in [0.25, 0.3) is 0 Å². The van der Waals surface area contributed by atoms with E-state index in [2.05, 4.69) is 38.2 Å². The lowest BCUT2D eigenvalue weighted by Crippen LogP contribution is -2.57. The molecule has 0 aliphatic carbocycles. The number of likely N-dealkylation sites (tertiary alicyclic amines) is 1. The minimum absolute atomic E-state index is 0.556. The molecule has 0 amide bonds. The average molecular weight is 446 g/mol. The van der Waals surface area contributed by atoms with Crippen molar-refractivity contribution in [3.05, 3.63) is 29.8 Å². The highest BCUT2D eigenvalue weighted by atomic mass is 32.2. The summed E-state index contributed by atoms with van der Waals surface area (Å²) < 4.78 is 39.1. The van der Waals surface area contributed by atoms with Gasteiger partial charge in [-0.2, -0.15) is 36.7 Å². The number of hydrogen-bond donors (Lipinski definition) is 0. The fourth-order valence-electron chi connectivity index (χ4n) is 4.65. The van der Waals surface area contributed by atoms with E-state index in [-0.39, 0.29) is 0 Å². The van der Waals surface area contributed by atoms with Crippen LogP contribution in [0.25, 0.3) is 0 Å². The highest BCUT2D eigenvalue weighted by molar-refractivity contribution is 8.03. The predicted octanol–water partition coefficient (Wildman–Crippen LogP) is 4.14. The second-order valence-electron chi connectivity index (χ2n) is 8.17. The summed E-state index contributed by atoms with van der Waals surface area (Å²) in [5, 5.41) is 0. The largest absolute Gasteiger partial charge is 0.416 e. The summed E-state index contributed by atoms with van der Waals surface area (Å²) in [7, 11) is 0. The number of thioether (sulfide) groups is 2.